The maximum absolute atomic E-state index is 13.2. The summed E-state index contributed by atoms with van der Waals surface area (Å²) >= 11 is 0. The molecule has 0 spiro atoms. The summed E-state index contributed by atoms with van der Waals surface area (Å²) in [4.78, 5) is 37.3. The molecular formula is C35H43N3O6. The van der Waals surface area contributed by atoms with Gasteiger partial charge in [0, 0.05) is 63.2 Å². The minimum atomic E-state index is -1.26. The third-order valence-corrected chi connectivity index (χ3v) is 7.50. The molecule has 3 aromatic carbocycles. The number of para-hydroxylation sites is 1. The Bertz CT molecular complexity index is 1280. The monoisotopic (exact) mass is 601 g/mol. The second kappa shape index (κ2) is 18.3. The van der Waals surface area contributed by atoms with Gasteiger partial charge in [-0.1, -0.05) is 85.8 Å². The highest BCUT2D eigenvalue weighted by Gasteiger charge is 2.23. The van der Waals surface area contributed by atoms with Crippen LogP contribution in [-0.4, -0.2) is 79.3 Å². The molecule has 0 aliphatic carbocycles. The average Bonchev–Trinajstić information content (AvgIpc) is 3.05. The molecule has 0 aromatic heterocycles. The normalized spacial score (nSPS) is 14.1. The van der Waals surface area contributed by atoms with Crippen LogP contribution in [0, 0.1) is 0 Å². The number of methoxy groups -OCH3 is 1. The first kappa shape index (κ1) is 34.0. The third kappa shape index (κ3) is 10.7. The number of aliphatic carboxylic acids is 2. The second-order valence-electron chi connectivity index (χ2n) is 10.4. The van der Waals surface area contributed by atoms with Crippen molar-refractivity contribution in [2.75, 3.05) is 51.3 Å². The molecule has 9 nitrogen and oxygen atoms in total. The Kier molecular flexibility index (Phi) is 14.1. The summed E-state index contributed by atoms with van der Waals surface area (Å²) in [5.41, 5.74) is 4.63. The molecule has 1 aliphatic heterocycles. The number of carboxylic acid groups (broad SMARTS) is 2. The van der Waals surface area contributed by atoms with Gasteiger partial charge in [0.15, 0.2) is 0 Å². The minimum absolute atomic E-state index is 0.0671. The molecule has 0 bridgehead atoms. The Morgan fingerprint density at radius 1 is 0.818 bits per heavy atom. The van der Waals surface area contributed by atoms with Crippen molar-refractivity contribution >= 4 is 23.5 Å². The highest BCUT2D eigenvalue weighted by atomic mass is 16.5. The van der Waals surface area contributed by atoms with Crippen LogP contribution in [-0.2, 0) is 19.1 Å². The van der Waals surface area contributed by atoms with Crippen LogP contribution in [0.5, 0.6) is 0 Å². The van der Waals surface area contributed by atoms with Crippen molar-refractivity contribution in [3.8, 4) is 0 Å². The largest absolute Gasteiger partial charge is 0.478 e. The Morgan fingerprint density at radius 3 is 1.84 bits per heavy atom. The zero-order chi connectivity index (χ0) is 31.7. The quantitative estimate of drug-likeness (QED) is 0.186. The molecule has 1 amide bonds. The fourth-order valence-electron chi connectivity index (χ4n) is 5.32. The number of carboxylic acids is 2. The lowest BCUT2D eigenvalue weighted by atomic mass is 9.90. The van der Waals surface area contributed by atoms with Crippen molar-refractivity contribution in [1.82, 2.24) is 10.2 Å². The molecule has 1 atom stereocenters. The van der Waals surface area contributed by atoms with Gasteiger partial charge in [-0.3, -0.25) is 9.69 Å². The molecule has 0 radical (unpaired) electrons. The zero-order valence-electron chi connectivity index (χ0n) is 25.5. The number of hydrogen-bond donors (Lipinski definition) is 3. The van der Waals surface area contributed by atoms with E-state index in [4.69, 9.17) is 14.9 Å². The Hall–Kier alpha value is -4.47. The van der Waals surface area contributed by atoms with E-state index in [-0.39, 0.29) is 17.9 Å². The highest BCUT2D eigenvalue weighted by molar-refractivity contribution is 5.89. The lowest BCUT2D eigenvalue weighted by molar-refractivity contribution is -0.134. The van der Waals surface area contributed by atoms with E-state index < -0.39 is 11.9 Å². The van der Waals surface area contributed by atoms with Crippen molar-refractivity contribution < 1.29 is 29.3 Å². The minimum Gasteiger partial charge on any atom is -0.478 e. The van der Waals surface area contributed by atoms with E-state index in [1.165, 1.54) is 11.3 Å². The lowest BCUT2D eigenvalue weighted by Crippen LogP contribution is -2.47. The number of carbonyl (C=O) groups is 3. The van der Waals surface area contributed by atoms with Crippen LogP contribution in [0.4, 0.5) is 5.69 Å². The summed E-state index contributed by atoms with van der Waals surface area (Å²) < 4.78 is 5.72. The van der Waals surface area contributed by atoms with E-state index in [9.17, 15) is 14.4 Å². The molecule has 1 heterocycles. The van der Waals surface area contributed by atoms with Gasteiger partial charge in [-0.25, -0.2) is 9.59 Å². The van der Waals surface area contributed by atoms with E-state index in [2.05, 4.69) is 46.3 Å². The van der Waals surface area contributed by atoms with Crippen molar-refractivity contribution in [1.29, 1.82) is 0 Å². The van der Waals surface area contributed by atoms with E-state index >= 15 is 0 Å². The number of piperazine rings is 1. The first-order valence-corrected chi connectivity index (χ1v) is 14.9. The molecule has 1 unspecified atom stereocenters. The van der Waals surface area contributed by atoms with E-state index in [1.54, 1.807) is 7.11 Å². The van der Waals surface area contributed by atoms with Gasteiger partial charge in [0.25, 0.3) is 0 Å². The standard InChI is InChI=1S/C31H39N3O2.C4H4O4/c1-3-29(36-2)27-17-10-11-18-28(27)34-23-21-33(22-24-34)20-12-19-32-31(35)30(25-13-6-4-7-14-25)26-15-8-5-9-16-26;5-3(6)1-2-4(7)8/h4-11,13-18,29-30H,3,12,19-24H2,1-2H3,(H,32,35);1-2H,(H,5,6)(H,7,8)/b;2-1+. The summed E-state index contributed by atoms with van der Waals surface area (Å²) in [6, 6.07) is 28.7. The number of benzene rings is 3. The molecule has 3 N–H and O–H groups in total. The summed E-state index contributed by atoms with van der Waals surface area (Å²) in [5, 5.41) is 18.8. The topological polar surface area (TPSA) is 119 Å². The highest BCUT2D eigenvalue weighted by Crippen LogP contribution is 2.31. The van der Waals surface area contributed by atoms with Gasteiger partial charge in [-0.15, -0.1) is 0 Å². The van der Waals surface area contributed by atoms with Gasteiger partial charge in [0.2, 0.25) is 5.91 Å². The molecule has 4 rings (SSSR count). The van der Waals surface area contributed by atoms with Gasteiger partial charge in [0.1, 0.15) is 0 Å². The van der Waals surface area contributed by atoms with Crippen LogP contribution in [0.15, 0.2) is 97.1 Å². The van der Waals surface area contributed by atoms with E-state index in [0.29, 0.717) is 18.7 Å². The van der Waals surface area contributed by atoms with Crippen LogP contribution >= 0.6 is 0 Å². The van der Waals surface area contributed by atoms with Crippen LogP contribution in [0.1, 0.15) is 48.5 Å². The summed E-state index contributed by atoms with van der Waals surface area (Å²) in [7, 11) is 1.80. The van der Waals surface area contributed by atoms with E-state index in [1.807, 2.05) is 60.7 Å². The number of amides is 1. The van der Waals surface area contributed by atoms with Crippen molar-refractivity contribution in [3.63, 3.8) is 0 Å². The number of anilines is 1. The SMILES string of the molecule is CCC(OC)c1ccccc1N1CCN(CCCNC(=O)C(c2ccccc2)c2ccccc2)CC1.O=C(O)/C=C/C(=O)O. The zero-order valence-corrected chi connectivity index (χ0v) is 25.5. The van der Waals surface area contributed by atoms with Crippen LogP contribution < -0.4 is 10.2 Å². The molecule has 1 fully saturated rings. The summed E-state index contributed by atoms with van der Waals surface area (Å²) in [5.74, 6) is -2.73. The molecule has 0 saturated carbocycles. The second-order valence-corrected chi connectivity index (χ2v) is 10.4. The number of nitrogens with zero attached hydrogens (tertiary/aromatic N) is 2. The van der Waals surface area contributed by atoms with Gasteiger partial charge in [-0.05, 0) is 36.6 Å². The number of ether oxygens (including phenoxy) is 1. The van der Waals surface area contributed by atoms with Gasteiger partial charge in [0.05, 0.1) is 12.0 Å². The maximum atomic E-state index is 13.2. The first-order chi connectivity index (χ1) is 21.3. The van der Waals surface area contributed by atoms with E-state index in [0.717, 1.165) is 56.7 Å². The fraction of sp³-hybridized carbons (Fsp3) is 0.343. The number of rotatable bonds is 13. The number of hydrogen-bond acceptors (Lipinski definition) is 6. The Balaban J connectivity index is 0.000000583. The van der Waals surface area contributed by atoms with Crippen molar-refractivity contribution in [2.45, 2.75) is 31.8 Å². The smallest absolute Gasteiger partial charge is 0.328 e. The Labute approximate surface area is 259 Å². The fourth-order valence-corrected chi connectivity index (χ4v) is 5.32. The molecular weight excluding hydrogens is 558 g/mol. The first-order valence-electron chi connectivity index (χ1n) is 14.9. The van der Waals surface area contributed by atoms with Crippen LogP contribution in [0.25, 0.3) is 0 Å². The molecule has 9 heteroatoms. The van der Waals surface area contributed by atoms with Crippen LogP contribution in [0.2, 0.25) is 0 Å². The summed E-state index contributed by atoms with van der Waals surface area (Å²) in [6.07, 6.45) is 3.16. The average molecular weight is 602 g/mol. The molecule has 44 heavy (non-hydrogen) atoms. The predicted molar refractivity (Wildman–Crippen MR) is 172 cm³/mol. The van der Waals surface area contributed by atoms with Crippen LogP contribution in [0.3, 0.4) is 0 Å². The van der Waals surface area contributed by atoms with Gasteiger partial charge < -0.3 is 25.2 Å². The van der Waals surface area contributed by atoms with Gasteiger partial charge in [-0.2, -0.15) is 0 Å². The van der Waals surface area contributed by atoms with Crippen molar-refractivity contribution in [3.05, 3.63) is 114 Å². The molecule has 1 saturated heterocycles. The predicted octanol–water partition coefficient (Wildman–Crippen LogP) is 4.96. The maximum Gasteiger partial charge on any atom is 0.328 e. The Morgan fingerprint density at radius 2 is 1.34 bits per heavy atom. The van der Waals surface area contributed by atoms with Gasteiger partial charge >= 0.3 is 11.9 Å². The molecule has 234 valence electrons. The van der Waals surface area contributed by atoms with Crippen molar-refractivity contribution in [2.24, 2.45) is 0 Å². The molecule has 3 aromatic rings. The number of nitrogens with one attached hydrogen (secondary N) is 1. The lowest BCUT2D eigenvalue weighted by Gasteiger charge is -2.37. The third-order valence-electron chi connectivity index (χ3n) is 7.50. The molecule has 1 aliphatic rings. The summed E-state index contributed by atoms with van der Waals surface area (Å²) in [6.45, 7) is 7.92. The number of carbonyl (C=O) groups excluding carboxylic acids is 1.